The van der Waals surface area contributed by atoms with Crippen LogP contribution in [0.3, 0.4) is 0 Å². The maximum atomic E-state index is 9.89. The van der Waals surface area contributed by atoms with Gasteiger partial charge >= 0.3 is 0 Å². The van der Waals surface area contributed by atoms with Crippen molar-refractivity contribution in [3.05, 3.63) is 12.2 Å². The molecule has 4 nitrogen and oxygen atoms in total. The van der Waals surface area contributed by atoms with Gasteiger partial charge in [-0.3, -0.25) is 4.79 Å². The Morgan fingerprint density at radius 3 is 2.64 bits per heavy atom. The van der Waals surface area contributed by atoms with Gasteiger partial charge in [0.25, 0.3) is 0 Å². The molecule has 0 N–H and O–H groups in total. The Labute approximate surface area is 84.8 Å². The second kappa shape index (κ2) is 12.3. The minimum Gasteiger partial charge on any atom is -0.382 e. The van der Waals surface area contributed by atoms with Gasteiger partial charge in [-0.25, -0.2) is 0 Å². The van der Waals surface area contributed by atoms with Crippen LogP contribution in [0.25, 0.3) is 0 Å². The van der Waals surface area contributed by atoms with Gasteiger partial charge in [0.1, 0.15) is 13.1 Å². The molecular weight excluding hydrogens is 184 g/mol. The lowest BCUT2D eigenvalue weighted by Crippen LogP contribution is -2.06. The zero-order valence-electron chi connectivity index (χ0n) is 8.61. The first-order valence-corrected chi connectivity index (χ1v) is 4.66. The molecule has 0 spiro atoms. The molecule has 4 heteroatoms. The third-order valence-corrected chi connectivity index (χ3v) is 1.47. The third kappa shape index (κ3) is 11.3. The number of rotatable bonds is 10. The van der Waals surface area contributed by atoms with E-state index in [1.165, 1.54) is 6.08 Å². The Kier molecular flexibility index (Phi) is 11.7. The minimum absolute atomic E-state index is 0.306. The average molecular weight is 202 g/mol. The van der Waals surface area contributed by atoms with Crippen molar-refractivity contribution in [2.45, 2.75) is 12.8 Å². The lowest BCUT2D eigenvalue weighted by atomic mass is 10.3. The molecule has 0 saturated carbocycles. The largest absolute Gasteiger partial charge is 0.382 e. The molecule has 0 aromatic carbocycles. The number of methoxy groups -OCH3 is 1. The first-order chi connectivity index (χ1) is 6.91. The van der Waals surface area contributed by atoms with E-state index in [1.54, 1.807) is 7.11 Å². The minimum atomic E-state index is 0.306. The second-order valence-electron chi connectivity index (χ2n) is 2.63. The molecule has 0 aliphatic rings. The topological polar surface area (TPSA) is 44.8 Å². The van der Waals surface area contributed by atoms with Crippen molar-refractivity contribution in [2.24, 2.45) is 0 Å². The summed E-state index contributed by atoms with van der Waals surface area (Å²) >= 11 is 0. The standard InChI is InChI=1S/C10H18O4/c1-12-8-9-14-10-13-7-5-3-2-4-6-11/h2,4,6H,3,5,7-10H2,1H3/b4-2+. The van der Waals surface area contributed by atoms with Gasteiger partial charge in [-0.15, -0.1) is 0 Å². The predicted molar refractivity (Wildman–Crippen MR) is 53.1 cm³/mol. The molecule has 0 saturated heterocycles. The van der Waals surface area contributed by atoms with Gasteiger partial charge in [0.2, 0.25) is 0 Å². The lowest BCUT2D eigenvalue weighted by Gasteiger charge is -2.03. The number of unbranched alkanes of at least 4 members (excludes halogenated alkanes) is 1. The van der Waals surface area contributed by atoms with Gasteiger partial charge in [-0.05, 0) is 18.9 Å². The Bertz CT molecular complexity index is 145. The van der Waals surface area contributed by atoms with E-state index in [1.807, 2.05) is 6.08 Å². The number of carbonyl (C=O) groups excluding carboxylic acids is 1. The van der Waals surface area contributed by atoms with Crippen molar-refractivity contribution in [3.8, 4) is 0 Å². The zero-order valence-corrected chi connectivity index (χ0v) is 8.61. The van der Waals surface area contributed by atoms with Crippen molar-refractivity contribution < 1.29 is 19.0 Å². The van der Waals surface area contributed by atoms with Crippen LogP contribution >= 0.6 is 0 Å². The molecule has 0 radical (unpaired) electrons. The predicted octanol–water partition coefficient (Wildman–Crippen LogP) is 1.16. The zero-order chi connectivity index (χ0) is 10.5. The quantitative estimate of drug-likeness (QED) is 0.231. The van der Waals surface area contributed by atoms with Gasteiger partial charge < -0.3 is 14.2 Å². The molecule has 0 unspecified atom stereocenters. The van der Waals surface area contributed by atoms with E-state index in [-0.39, 0.29) is 0 Å². The summed E-state index contributed by atoms with van der Waals surface area (Å²) in [4.78, 5) is 9.89. The van der Waals surface area contributed by atoms with Crippen LogP contribution in [-0.4, -0.2) is 40.0 Å². The highest BCUT2D eigenvalue weighted by Crippen LogP contribution is 1.91. The van der Waals surface area contributed by atoms with Gasteiger partial charge in [0.15, 0.2) is 0 Å². The number of hydrogen-bond donors (Lipinski definition) is 0. The first-order valence-electron chi connectivity index (χ1n) is 4.66. The second-order valence-corrected chi connectivity index (χ2v) is 2.63. The van der Waals surface area contributed by atoms with Crippen LogP contribution in [0, 0.1) is 0 Å². The Hall–Kier alpha value is -0.710. The summed E-state index contributed by atoms with van der Waals surface area (Å²) in [5.74, 6) is 0. The molecule has 14 heavy (non-hydrogen) atoms. The van der Waals surface area contributed by atoms with Crippen molar-refractivity contribution in [2.75, 3.05) is 33.7 Å². The molecule has 0 aliphatic heterocycles. The number of hydrogen-bond acceptors (Lipinski definition) is 4. The summed E-state index contributed by atoms with van der Waals surface area (Å²) in [6.07, 6.45) is 5.85. The molecule has 0 fully saturated rings. The number of aldehydes is 1. The fourth-order valence-electron chi connectivity index (χ4n) is 0.774. The lowest BCUT2D eigenvalue weighted by molar-refractivity contribution is -0.104. The van der Waals surface area contributed by atoms with E-state index in [0.29, 0.717) is 26.6 Å². The molecule has 0 rings (SSSR count). The van der Waals surface area contributed by atoms with Crippen LogP contribution in [0.5, 0.6) is 0 Å². The smallest absolute Gasteiger partial charge is 0.146 e. The third-order valence-electron chi connectivity index (χ3n) is 1.47. The maximum absolute atomic E-state index is 9.89. The van der Waals surface area contributed by atoms with Crippen LogP contribution in [-0.2, 0) is 19.0 Å². The van der Waals surface area contributed by atoms with E-state index in [4.69, 9.17) is 14.2 Å². The van der Waals surface area contributed by atoms with Crippen LogP contribution < -0.4 is 0 Å². The maximum Gasteiger partial charge on any atom is 0.146 e. The Balaban J connectivity index is 2.91. The van der Waals surface area contributed by atoms with Gasteiger partial charge in [0.05, 0.1) is 13.2 Å². The van der Waals surface area contributed by atoms with Gasteiger partial charge in [0, 0.05) is 13.7 Å². The molecule has 0 atom stereocenters. The fourth-order valence-corrected chi connectivity index (χ4v) is 0.774. The summed E-state index contributed by atoms with van der Waals surface area (Å²) in [7, 11) is 1.63. The summed E-state index contributed by atoms with van der Waals surface area (Å²) in [6.45, 7) is 2.10. The number of allylic oxidation sites excluding steroid dienone is 2. The highest BCUT2D eigenvalue weighted by Gasteiger charge is 1.88. The fraction of sp³-hybridized carbons (Fsp3) is 0.700. The van der Waals surface area contributed by atoms with Crippen LogP contribution in [0.15, 0.2) is 12.2 Å². The molecule has 0 bridgehead atoms. The van der Waals surface area contributed by atoms with E-state index < -0.39 is 0 Å². The highest BCUT2D eigenvalue weighted by molar-refractivity contribution is 5.64. The van der Waals surface area contributed by atoms with E-state index in [9.17, 15) is 4.79 Å². The van der Waals surface area contributed by atoms with Crippen molar-refractivity contribution in [1.29, 1.82) is 0 Å². The van der Waals surface area contributed by atoms with Gasteiger partial charge in [-0.1, -0.05) is 6.08 Å². The molecule has 0 aromatic heterocycles. The molecular formula is C10H18O4. The molecule has 0 heterocycles. The van der Waals surface area contributed by atoms with E-state index in [0.717, 1.165) is 19.1 Å². The summed E-state index contributed by atoms with van der Waals surface area (Å²) in [5.41, 5.74) is 0. The number of carbonyl (C=O) groups is 1. The van der Waals surface area contributed by atoms with Crippen molar-refractivity contribution in [3.63, 3.8) is 0 Å². The SMILES string of the molecule is COCCOCOCCC/C=C/C=O. The average Bonchev–Trinajstić information content (AvgIpc) is 2.21. The summed E-state index contributed by atoms with van der Waals surface area (Å²) in [5, 5.41) is 0. The summed E-state index contributed by atoms with van der Waals surface area (Å²) in [6, 6.07) is 0. The van der Waals surface area contributed by atoms with Crippen LogP contribution in [0.2, 0.25) is 0 Å². The molecule has 0 aliphatic carbocycles. The molecule has 0 aromatic rings. The van der Waals surface area contributed by atoms with Crippen LogP contribution in [0.4, 0.5) is 0 Å². The van der Waals surface area contributed by atoms with Crippen molar-refractivity contribution in [1.82, 2.24) is 0 Å². The normalized spacial score (nSPS) is 10.9. The molecule has 82 valence electrons. The Morgan fingerprint density at radius 2 is 1.93 bits per heavy atom. The monoisotopic (exact) mass is 202 g/mol. The highest BCUT2D eigenvalue weighted by atomic mass is 16.7. The van der Waals surface area contributed by atoms with E-state index >= 15 is 0 Å². The van der Waals surface area contributed by atoms with E-state index in [2.05, 4.69) is 0 Å². The number of ether oxygens (including phenoxy) is 3. The van der Waals surface area contributed by atoms with Gasteiger partial charge in [-0.2, -0.15) is 0 Å². The first kappa shape index (κ1) is 13.3. The Morgan fingerprint density at radius 1 is 1.14 bits per heavy atom. The summed E-state index contributed by atoms with van der Waals surface area (Å²) < 4.78 is 15.0. The van der Waals surface area contributed by atoms with Crippen molar-refractivity contribution >= 4 is 6.29 Å². The van der Waals surface area contributed by atoms with Crippen LogP contribution in [0.1, 0.15) is 12.8 Å². The molecule has 0 amide bonds.